The van der Waals surface area contributed by atoms with Gasteiger partial charge in [-0.15, -0.1) is 0 Å². The van der Waals surface area contributed by atoms with E-state index < -0.39 is 0 Å². The molecule has 0 fully saturated rings. The first-order valence-electron chi connectivity index (χ1n) is 5.02. The molecule has 0 spiro atoms. The molecule has 1 aromatic heterocycles. The minimum atomic E-state index is 0.0804. The van der Waals surface area contributed by atoms with Crippen LogP contribution in [0.4, 0.5) is 0 Å². The van der Waals surface area contributed by atoms with Gasteiger partial charge in [0.05, 0.1) is 5.39 Å². The van der Waals surface area contributed by atoms with E-state index in [2.05, 4.69) is 0 Å². The third-order valence-corrected chi connectivity index (χ3v) is 2.97. The predicted molar refractivity (Wildman–Crippen MR) is 61.4 cm³/mol. The number of aryl methyl sites for hydroxylation is 3. The molecule has 2 aromatic rings. The van der Waals surface area contributed by atoms with E-state index in [1.54, 1.807) is 6.92 Å². The van der Waals surface area contributed by atoms with Crippen LogP contribution in [0, 0.1) is 27.7 Å². The molecular weight excluding hydrogens is 188 g/mol. The summed E-state index contributed by atoms with van der Waals surface area (Å²) in [5, 5.41) is 0.682. The van der Waals surface area contributed by atoms with Gasteiger partial charge in [0.1, 0.15) is 11.3 Å². The second-order valence-corrected chi connectivity index (χ2v) is 4.04. The second-order valence-electron chi connectivity index (χ2n) is 4.04. The van der Waals surface area contributed by atoms with Gasteiger partial charge in [0.2, 0.25) is 0 Å². The monoisotopic (exact) mass is 202 g/mol. The first-order valence-corrected chi connectivity index (χ1v) is 5.02. The highest BCUT2D eigenvalue weighted by molar-refractivity contribution is 5.79. The molecule has 78 valence electrons. The van der Waals surface area contributed by atoms with Crippen molar-refractivity contribution >= 4 is 11.0 Å². The Bertz CT molecular complexity index is 586. The van der Waals surface area contributed by atoms with Gasteiger partial charge in [-0.3, -0.25) is 4.79 Å². The molecule has 1 heterocycles. The smallest absolute Gasteiger partial charge is 0.195 e. The van der Waals surface area contributed by atoms with Gasteiger partial charge in [0.15, 0.2) is 5.43 Å². The summed E-state index contributed by atoms with van der Waals surface area (Å²) in [7, 11) is 0. The summed E-state index contributed by atoms with van der Waals surface area (Å²) in [5.74, 6) is 0.704. The molecule has 0 aliphatic heterocycles. The molecule has 0 bridgehead atoms. The lowest BCUT2D eigenvalue weighted by Gasteiger charge is -2.05. The average molecular weight is 202 g/mol. The Morgan fingerprint density at radius 3 is 2.27 bits per heavy atom. The first kappa shape index (κ1) is 9.97. The van der Waals surface area contributed by atoms with Crippen molar-refractivity contribution in [1.29, 1.82) is 0 Å². The van der Waals surface area contributed by atoms with Gasteiger partial charge < -0.3 is 4.42 Å². The van der Waals surface area contributed by atoms with E-state index in [1.165, 1.54) is 0 Å². The van der Waals surface area contributed by atoms with Gasteiger partial charge in [0, 0.05) is 5.56 Å². The molecule has 0 amide bonds. The zero-order valence-corrected chi connectivity index (χ0v) is 9.47. The van der Waals surface area contributed by atoms with Gasteiger partial charge in [0.25, 0.3) is 0 Å². The molecule has 2 rings (SSSR count). The molecule has 0 saturated heterocycles. The van der Waals surface area contributed by atoms with Crippen LogP contribution in [0.2, 0.25) is 0 Å². The summed E-state index contributed by atoms with van der Waals surface area (Å²) < 4.78 is 5.61. The van der Waals surface area contributed by atoms with Crippen molar-refractivity contribution in [3.8, 4) is 0 Å². The van der Waals surface area contributed by atoms with Gasteiger partial charge in [-0.05, 0) is 51.0 Å². The Kier molecular flexibility index (Phi) is 2.14. The Morgan fingerprint density at radius 1 is 1.00 bits per heavy atom. The molecule has 2 heteroatoms. The summed E-state index contributed by atoms with van der Waals surface area (Å²) >= 11 is 0. The number of hydrogen-bond acceptors (Lipinski definition) is 2. The highest BCUT2D eigenvalue weighted by Gasteiger charge is 2.08. The largest absolute Gasteiger partial charge is 0.461 e. The zero-order valence-electron chi connectivity index (χ0n) is 9.47. The van der Waals surface area contributed by atoms with Gasteiger partial charge in [-0.25, -0.2) is 0 Å². The van der Waals surface area contributed by atoms with E-state index in [-0.39, 0.29) is 5.43 Å². The quantitative estimate of drug-likeness (QED) is 0.657. The Morgan fingerprint density at radius 2 is 1.60 bits per heavy atom. The molecule has 0 atom stereocenters. The number of rotatable bonds is 0. The van der Waals surface area contributed by atoms with E-state index in [1.807, 2.05) is 32.9 Å². The van der Waals surface area contributed by atoms with Crippen LogP contribution in [0.5, 0.6) is 0 Å². The van der Waals surface area contributed by atoms with Crippen molar-refractivity contribution in [1.82, 2.24) is 0 Å². The van der Waals surface area contributed by atoms with E-state index >= 15 is 0 Å². The number of benzene rings is 1. The van der Waals surface area contributed by atoms with Crippen LogP contribution in [0.15, 0.2) is 21.3 Å². The Hall–Kier alpha value is -1.57. The van der Waals surface area contributed by atoms with Crippen LogP contribution in [0.3, 0.4) is 0 Å². The van der Waals surface area contributed by atoms with Gasteiger partial charge in [-0.2, -0.15) is 0 Å². The highest BCUT2D eigenvalue weighted by atomic mass is 16.3. The molecule has 0 N–H and O–H groups in total. The van der Waals surface area contributed by atoms with Crippen LogP contribution >= 0.6 is 0 Å². The van der Waals surface area contributed by atoms with Crippen molar-refractivity contribution in [2.75, 3.05) is 0 Å². The summed E-state index contributed by atoms with van der Waals surface area (Å²) in [5.41, 5.74) is 3.74. The third kappa shape index (κ3) is 1.46. The fourth-order valence-corrected chi connectivity index (χ4v) is 1.65. The summed E-state index contributed by atoms with van der Waals surface area (Å²) in [6.45, 7) is 7.65. The number of fused-ring (bicyclic) bond motifs is 1. The molecule has 1 aromatic carbocycles. The summed E-state index contributed by atoms with van der Waals surface area (Å²) in [6.07, 6.45) is 0. The van der Waals surface area contributed by atoms with Crippen LogP contribution in [0.25, 0.3) is 11.0 Å². The maximum atomic E-state index is 12.0. The summed E-state index contributed by atoms with van der Waals surface area (Å²) in [6, 6.07) is 3.83. The Balaban J connectivity index is 3.00. The molecule has 0 radical (unpaired) electrons. The second kappa shape index (κ2) is 3.23. The SMILES string of the molecule is Cc1cc2oc(C)c(C)c(=O)c2cc1C. The lowest BCUT2D eigenvalue weighted by molar-refractivity contribution is 0.558. The number of hydrogen-bond donors (Lipinski definition) is 0. The van der Waals surface area contributed by atoms with Crippen LogP contribution < -0.4 is 5.43 Å². The van der Waals surface area contributed by atoms with E-state index in [0.29, 0.717) is 22.3 Å². The average Bonchev–Trinajstić information content (AvgIpc) is 2.19. The molecule has 15 heavy (non-hydrogen) atoms. The highest BCUT2D eigenvalue weighted by Crippen LogP contribution is 2.19. The lowest BCUT2D eigenvalue weighted by Crippen LogP contribution is -2.07. The molecule has 0 aliphatic rings. The summed E-state index contributed by atoms with van der Waals surface area (Å²) in [4.78, 5) is 12.0. The van der Waals surface area contributed by atoms with E-state index in [9.17, 15) is 4.79 Å². The molecular formula is C13H14O2. The maximum Gasteiger partial charge on any atom is 0.195 e. The van der Waals surface area contributed by atoms with Gasteiger partial charge in [-0.1, -0.05) is 0 Å². The zero-order chi connectivity index (χ0) is 11.2. The third-order valence-electron chi connectivity index (χ3n) is 2.97. The Labute approximate surface area is 88.5 Å². The van der Waals surface area contributed by atoms with Crippen molar-refractivity contribution in [3.63, 3.8) is 0 Å². The minimum Gasteiger partial charge on any atom is -0.461 e. The fourth-order valence-electron chi connectivity index (χ4n) is 1.65. The van der Waals surface area contributed by atoms with Crippen molar-refractivity contribution in [2.24, 2.45) is 0 Å². The van der Waals surface area contributed by atoms with Crippen LogP contribution in [0.1, 0.15) is 22.5 Å². The fraction of sp³-hybridized carbons (Fsp3) is 0.308. The van der Waals surface area contributed by atoms with Crippen molar-refractivity contribution in [2.45, 2.75) is 27.7 Å². The van der Waals surface area contributed by atoms with Crippen LogP contribution in [-0.4, -0.2) is 0 Å². The van der Waals surface area contributed by atoms with E-state index in [4.69, 9.17) is 4.42 Å². The van der Waals surface area contributed by atoms with Crippen molar-refractivity contribution < 1.29 is 4.42 Å². The standard InChI is InChI=1S/C13H14O2/c1-7-5-11-12(6-8(7)2)15-10(4)9(3)13(11)14/h5-6H,1-4H3. The lowest BCUT2D eigenvalue weighted by atomic mass is 10.1. The van der Waals surface area contributed by atoms with E-state index in [0.717, 1.165) is 11.1 Å². The molecule has 2 nitrogen and oxygen atoms in total. The molecule has 0 aliphatic carbocycles. The molecule has 0 unspecified atom stereocenters. The first-order chi connectivity index (χ1) is 7.00. The normalized spacial score (nSPS) is 10.9. The topological polar surface area (TPSA) is 30.2 Å². The van der Waals surface area contributed by atoms with Gasteiger partial charge >= 0.3 is 0 Å². The maximum absolute atomic E-state index is 12.0. The van der Waals surface area contributed by atoms with Crippen molar-refractivity contribution in [3.05, 3.63) is 44.8 Å². The predicted octanol–water partition coefficient (Wildman–Crippen LogP) is 3.03. The molecule has 0 saturated carbocycles. The minimum absolute atomic E-state index is 0.0804. The van der Waals surface area contributed by atoms with Crippen LogP contribution in [-0.2, 0) is 0 Å².